The molecule has 0 bridgehead atoms. The predicted molar refractivity (Wildman–Crippen MR) is 167 cm³/mol. The van der Waals surface area contributed by atoms with Crippen LogP contribution in [0.4, 0.5) is 0 Å². The number of carbonyl (C=O) groups excluding carboxylic acids is 1. The first-order valence-corrected chi connectivity index (χ1v) is 15.1. The average molecular weight is 561 g/mol. The SMILES string of the molecule is CC(c1ccc(-c2ccc(C(=O)N3CCC(O)(c4ccccc4)CC3)cc2)cc1)N1CCC(O)(c2ccccc2)CC1. The van der Waals surface area contributed by atoms with Crippen molar-refractivity contribution in [1.82, 2.24) is 9.80 Å². The van der Waals surface area contributed by atoms with Crippen LogP contribution in [0.25, 0.3) is 11.1 Å². The zero-order valence-corrected chi connectivity index (χ0v) is 24.3. The molecule has 4 aromatic carbocycles. The van der Waals surface area contributed by atoms with Gasteiger partial charge in [0, 0.05) is 37.8 Å². The monoisotopic (exact) mass is 560 g/mol. The first-order valence-electron chi connectivity index (χ1n) is 15.1. The van der Waals surface area contributed by atoms with Crippen LogP contribution < -0.4 is 0 Å². The Balaban J connectivity index is 1.05. The van der Waals surface area contributed by atoms with E-state index in [1.165, 1.54) is 5.56 Å². The van der Waals surface area contributed by atoms with Gasteiger partial charge < -0.3 is 15.1 Å². The molecule has 2 aliphatic heterocycles. The van der Waals surface area contributed by atoms with Crippen molar-refractivity contribution in [2.45, 2.75) is 49.9 Å². The van der Waals surface area contributed by atoms with E-state index < -0.39 is 11.2 Å². The number of piperidine rings is 2. The maximum Gasteiger partial charge on any atom is 0.253 e. The molecule has 4 aromatic rings. The Morgan fingerprint density at radius 2 is 1.05 bits per heavy atom. The highest BCUT2D eigenvalue weighted by Crippen LogP contribution is 2.36. The van der Waals surface area contributed by atoms with E-state index in [4.69, 9.17) is 0 Å². The zero-order chi connectivity index (χ0) is 29.2. The van der Waals surface area contributed by atoms with Crippen molar-refractivity contribution in [3.05, 3.63) is 131 Å². The number of benzene rings is 4. The second kappa shape index (κ2) is 11.8. The fraction of sp³-hybridized carbons (Fsp3) is 0.324. The Hall–Kier alpha value is -3.77. The second-order valence-electron chi connectivity index (χ2n) is 12.0. The summed E-state index contributed by atoms with van der Waals surface area (Å²) in [4.78, 5) is 17.5. The van der Waals surface area contributed by atoms with Crippen molar-refractivity contribution in [3.8, 4) is 11.1 Å². The minimum absolute atomic E-state index is 0.0153. The van der Waals surface area contributed by atoms with Gasteiger partial charge in [0.1, 0.15) is 0 Å². The minimum Gasteiger partial charge on any atom is -0.385 e. The largest absolute Gasteiger partial charge is 0.385 e. The van der Waals surface area contributed by atoms with Gasteiger partial charge in [0.15, 0.2) is 0 Å². The molecule has 42 heavy (non-hydrogen) atoms. The molecular weight excluding hydrogens is 520 g/mol. The van der Waals surface area contributed by atoms with Crippen LogP contribution >= 0.6 is 0 Å². The van der Waals surface area contributed by atoms with Gasteiger partial charge in [0.2, 0.25) is 0 Å². The van der Waals surface area contributed by atoms with Gasteiger partial charge in [-0.25, -0.2) is 0 Å². The Bertz CT molecular complexity index is 1470. The van der Waals surface area contributed by atoms with E-state index in [1.807, 2.05) is 89.8 Å². The number of aliphatic hydroxyl groups is 2. The summed E-state index contributed by atoms with van der Waals surface area (Å²) in [6, 6.07) is 36.6. The fourth-order valence-corrected chi connectivity index (χ4v) is 6.59. The highest BCUT2D eigenvalue weighted by molar-refractivity contribution is 5.94. The van der Waals surface area contributed by atoms with Crippen LogP contribution in [0.2, 0.25) is 0 Å². The molecule has 6 rings (SSSR count). The molecule has 5 nitrogen and oxygen atoms in total. The number of amides is 1. The summed E-state index contributed by atoms with van der Waals surface area (Å²) in [7, 11) is 0. The lowest BCUT2D eigenvalue weighted by molar-refractivity contribution is -0.0344. The summed E-state index contributed by atoms with van der Waals surface area (Å²) in [5.41, 5.74) is 4.46. The molecule has 2 N–H and O–H groups in total. The molecule has 0 aromatic heterocycles. The number of rotatable bonds is 6. The molecule has 0 radical (unpaired) electrons. The highest BCUT2D eigenvalue weighted by Gasteiger charge is 2.36. The Morgan fingerprint density at radius 1 is 0.619 bits per heavy atom. The molecule has 2 aliphatic rings. The summed E-state index contributed by atoms with van der Waals surface area (Å²) in [5.74, 6) is 0.0153. The number of hydrogen-bond donors (Lipinski definition) is 2. The number of likely N-dealkylation sites (tertiary alicyclic amines) is 2. The van der Waals surface area contributed by atoms with Crippen molar-refractivity contribution in [2.24, 2.45) is 0 Å². The molecule has 2 saturated heterocycles. The molecule has 1 atom stereocenters. The van der Waals surface area contributed by atoms with E-state index in [0.717, 1.165) is 48.2 Å². The van der Waals surface area contributed by atoms with Gasteiger partial charge in [-0.05, 0) is 72.6 Å². The summed E-state index contributed by atoms with van der Waals surface area (Å²) < 4.78 is 0. The molecule has 216 valence electrons. The highest BCUT2D eigenvalue weighted by atomic mass is 16.3. The summed E-state index contributed by atoms with van der Waals surface area (Å²) in [5, 5.41) is 22.3. The topological polar surface area (TPSA) is 64.0 Å². The van der Waals surface area contributed by atoms with Gasteiger partial charge in [-0.1, -0.05) is 97.1 Å². The molecule has 5 heteroatoms. The van der Waals surface area contributed by atoms with E-state index in [1.54, 1.807) is 0 Å². The van der Waals surface area contributed by atoms with Crippen LogP contribution in [-0.4, -0.2) is 52.1 Å². The second-order valence-corrected chi connectivity index (χ2v) is 12.0. The van der Waals surface area contributed by atoms with Gasteiger partial charge >= 0.3 is 0 Å². The van der Waals surface area contributed by atoms with E-state index in [-0.39, 0.29) is 11.9 Å². The third-order valence-electron chi connectivity index (χ3n) is 9.53. The van der Waals surface area contributed by atoms with Crippen molar-refractivity contribution < 1.29 is 15.0 Å². The van der Waals surface area contributed by atoms with E-state index in [9.17, 15) is 15.0 Å². The number of nitrogens with zero attached hydrogens (tertiary/aromatic N) is 2. The molecule has 2 fully saturated rings. The number of carbonyl (C=O) groups is 1. The van der Waals surface area contributed by atoms with Crippen LogP contribution in [0, 0.1) is 0 Å². The lowest BCUT2D eigenvalue weighted by Gasteiger charge is -2.41. The smallest absolute Gasteiger partial charge is 0.253 e. The van der Waals surface area contributed by atoms with Gasteiger partial charge in [-0.3, -0.25) is 9.69 Å². The number of hydrogen-bond acceptors (Lipinski definition) is 4. The van der Waals surface area contributed by atoms with E-state index in [0.29, 0.717) is 31.5 Å². The molecule has 1 amide bonds. The quantitative estimate of drug-likeness (QED) is 0.282. The van der Waals surface area contributed by atoms with Crippen LogP contribution in [0.5, 0.6) is 0 Å². The minimum atomic E-state index is -0.870. The van der Waals surface area contributed by atoms with E-state index in [2.05, 4.69) is 36.1 Å². The first-order chi connectivity index (χ1) is 20.3. The third kappa shape index (κ3) is 5.78. The van der Waals surface area contributed by atoms with Gasteiger partial charge in [-0.2, -0.15) is 0 Å². The molecule has 0 spiro atoms. The van der Waals surface area contributed by atoms with Crippen molar-refractivity contribution in [3.63, 3.8) is 0 Å². The lowest BCUT2D eigenvalue weighted by Crippen LogP contribution is -2.45. The maximum absolute atomic E-state index is 13.2. The van der Waals surface area contributed by atoms with Gasteiger partial charge in [-0.15, -0.1) is 0 Å². The first kappa shape index (κ1) is 28.4. The maximum atomic E-state index is 13.2. The summed E-state index contributed by atoms with van der Waals surface area (Å²) >= 11 is 0. The van der Waals surface area contributed by atoms with Crippen molar-refractivity contribution in [2.75, 3.05) is 26.2 Å². The molecule has 1 unspecified atom stereocenters. The lowest BCUT2D eigenvalue weighted by atomic mass is 9.84. The van der Waals surface area contributed by atoms with Crippen LogP contribution in [0.15, 0.2) is 109 Å². The molecular formula is C37H40N2O3. The zero-order valence-electron chi connectivity index (χ0n) is 24.3. The van der Waals surface area contributed by atoms with Crippen molar-refractivity contribution >= 4 is 5.91 Å². The predicted octanol–water partition coefficient (Wildman–Crippen LogP) is 6.52. The van der Waals surface area contributed by atoms with Crippen molar-refractivity contribution in [1.29, 1.82) is 0 Å². The average Bonchev–Trinajstić information content (AvgIpc) is 3.06. The normalized spacial score (nSPS) is 19.3. The molecule has 2 heterocycles. The summed E-state index contributed by atoms with van der Waals surface area (Å²) in [6.45, 7) is 5.02. The fourth-order valence-electron chi connectivity index (χ4n) is 6.59. The van der Waals surface area contributed by atoms with Gasteiger partial charge in [0.05, 0.1) is 11.2 Å². The van der Waals surface area contributed by atoms with Gasteiger partial charge in [0.25, 0.3) is 5.91 Å². The molecule has 0 aliphatic carbocycles. The van der Waals surface area contributed by atoms with Crippen LogP contribution in [-0.2, 0) is 11.2 Å². The van der Waals surface area contributed by atoms with E-state index >= 15 is 0 Å². The van der Waals surface area contributed by atoms with Crippen LogP contribution in [0.3, 0.4) is 0 Å². The Kier molecular flexibility index (Phi) is 8.00. The third-order valence-corrected chi connectivity index (χ3v) is 9.53. The van der Waals surface area contributed by atoms with Crippen LogP contribution in [0.1, 0.15) is 65.7 Å². The summed E-state index contributed by atoms with van der Waals surface area (Å²) in [6.07, 6.45) is 2.54. The Labute approximate surface area is 249 Å². The molecule has 0 saturated carbocycles. The standard InChI is InChI=1S/C37H40N2O3/c1-28(38-24-20-36(41,21-25-38)33-8-4-2-5-9-33)29-12-14-30(15-13-29)31-16-18-32(19-17-31)35(40)39-26-22-37(42,23-27-39)34-10-6-3-7-11-34/h2-19,28,41-42H,20-27H2,1H3. The Morgan fingerprint density at radius 3 is 1.52 bits per heavy atom.